The molecule has 0 saturated carbocycles. The van der Waals surface area contributed by atoms with Crippen molar-refractivity contribution >= 4 is 33.7 Å². The molecule has 1 heterocycles. The van der Waals surface area contributed by atoms with Crippen molar-refractivity contribution in [2.45, 2.75) is 0 Å². The first-order valence-electron chi connectivity index (χ1n) is 10.6. The topological polar surface area (TPSA) is 63.6 Å². The molecular formula is C28H21N3O2. The number of hydrogen-bond donors (Lipinski definition) is 1. The number of pyridine rings is 1. The summed E-state index contributed by atoms with van der Waals surface area (Å²) in [5.41, 5.74) is 5.42. The van der Waals surface area contributed by atoms with Gasteiger partial charge < -0.3 is 4.74 Å². The van der Waals surface area contributed by atoms with E-state index in [0.717, 1.165) is 38.2 Å². The van der Waals surface area contributed by atoms with Crippen molar-refractivity contribution < 1.29 is 9.53 Å². The van der Waals surface area contributed by atoms with Crippen LogP contribution < -0.4 is 10.2 Å². The number of nitrogens with zero attached hydrogens (tertiary/aromatic N) is 2. The van der Waals surface area contributed by atoms with E-state index in [-0.39, 0.29) is 5.69 Å². The maximum atomic E-state index is 13.2. The van der Waals surface area contributed by atoms with Crippen molar-refractivity contribution in [3.8, 4) is 17.0 Å². The Kier molecular flexibility index (Phi) is 5.52. The molecule has 5 nitrogen and oxygen atoms in total. The summed E-state index contributed by atoms with van der Waals surface area (Å²) in [6.45, 7) is 0. The van der Waals surface area contributed by atoms with Gasteiger partial charge in [0.1, 0.15) is 5.69 Å². The number of benzene rings is 4. The van der Waals surface area contributed by atoms with Crippen molar-refractivity contribution in [2.75, 3.05) is 7.11 Å². The molecule has 0 spiro atoms. The Bertz CT molecular complexity index is 1490. The van der Waals surface area contributed by atoms with Crippen LogP contribution in [0.4, 0.5) is 0 Å². The number of fused-ring (bicyclic) bond motifs is 2. The van der Waals surface area contributed by atoms with Gasteiger partial charge in [-0.15, -0.1) is 0 Å². The summed E-state index contributed by atoms with van der Waals surface area (Å²) in [6, 6.07) is 31.6. The predicted molar refractivity (Wildman–Crippen MR) is 133 cm³/mol. The average Bonchev–Trinajstić information content (AvgIpc) is 2.88. The lowest BCUT2D eigenvalue weighted by Gasteiger charge is -2.14. The number of carbonyl (C=O) groups is 1. The van der Waals surface area contributed by atoms with Crippen LogP contribution in [-0.4, -0.2) is 24.2 Å². The second-order valence-electron chi connectivity index (χ2n) is 7.56. The van der Waals surface area contributed by atoms with E-state index < -0.39 is 5.91 Å². The molecule has 1 aromatic heterocycles. The molecule has 1 N–H and O–H groups in total. The molecular weight excluding hydrogens is 410 g/mol. The molecule has 0 unspecified atom stereocenters. The fourth-order valence-electron chi connectivity index (χ4n) is 3.96. The number of hydrazone groups is 1. The van der Waals surface area contributed by atoms with Crippen LogP contribution in [0.1, 0.15) is 16.1 Å². The lowest BCUT2D eigenvalue weighted by atomic mass is 9.97. The summed E-state index contributed by atoms with van der Waals surface area (Å²) < 4.78 is 5.49. The third kappa shape index (κ3) is 4.04. The SMILES string of the molecule is COc1nc(C(=O)N/N=C/c2ccc3ccccc3c2)c(-c2ccccc2)c2ccccc12. The van der Waals surface area contributed by atoms with E-state index in [1.165, 1.54) is 0 Å². The van der Waals surface area contributed by atoms with Crippen LogP contribution >= 0.6 is 0 Å². The third-order valence-corrected chi connectivity index (χ3v) is 5.50. The molecule has 1 amide bonds. The number of methoxy groups -OCH3 is 1. The van der Waals surface area contributed by atoms with Crippen LogP contribution in [0.3, 0.4) is 0 Å². The zero-order valence-electron chi connectivity index (χ0n) is 18.0. The van der Waals surface area contributed by atoms with Gasteiger partial charge in [0.25, 0.3) is 5.91 Å². The van der Waals surface area contributed by atoms with E-state index in [4.69, 9.17) is 4.74 Å². The Balaban J connectivity index is 1.52. The number of ether oxygens (including phenoxy) is 1. The predicted octanol–water partition coefficient (Wildman–Crippen LogP) is 5.83. The Morgan fingerprint density at radius 2 is 1.55 bits per heavy atom. The molecule has 0 fully saturated rings. The van der Waals surface area contributed by atoms with Crippen LogP contribution in [0, 0.1) is 0 Å². The normalized spacial score (nSPS) is 11.2. The Hall–Kier alpha value is -4.51. The lowest BCUT2D eigenvalue weighted by Crippen LogP contribution is -2.20. The zero-order chi connectivity index (χ0) is 22.6. The number of carbonyl (C=O) groups excluding carboxylic acids is 1. The highest BCUT2D eigenvalue weighted by molar-refractivity contribution is 6.09. The fraction of sp³-hybridized carbons (Fsp3) is 0.0357. The summed E-state index contributed by atoms with van der Waals surface area (Å²) in [7, 11) is 1.55. The molecule has 0 atom stereocenters. The quantitative estimate of drug-likeness (QED) is 0.281. The van der Waals surface area contributed by atoms with Gasteiger partial charge >= 0.3 is 0 Å². The van der Waals surface area contributed by atoms with E-state index in [1.54, 1.807) is 13.3 Å². The van der Waals surface area contributed by atoms with Crippen LogP contribution in [0.5, 0.6) is 5.88 Å². The second-order valence-corrected chi connectivity index (χ2v) is 7.56. The molecule has 0 aliphatic heterocycles. The van der Waals surface area contributed by atoms with Crippen molar-refractivity contribution in [2.24, 2.45) is 5.10 Å². The van der Waals surface area contributed by atoms with Gasteiger partial charge in [-0.25, -0.2) is 10.4 Å². The summed E-state index contributed by atoms with van der Waals surface area (Å²) >= 11 is 0. The van der Waals surface area contributed by atoms with E-state index >= 15 is 0 Å². The van der Waals surface area contributed by atoms with E-state index in [2.05, 4.69) is 21.6 Å². The molecule has 5 aromatic rings. The zero-order valence-corrected chi connectivity index (χ0v) is 18.0. The molecule has 5 heteroatoms. The van der Waals surface area contributed by atoms with Crippen LogP contribution in [-0.2, 0) is 0 Å². The first-order chi connectivity index (χ1) is 16.2. The Morgan fingerprint density at radius 3 is 2.33 bits per heavy atom. The minimum absolute atomic E-state index is 0.257. The van der Waals surface area contributed by atoms with Crippen LogP contribution in [0.2, 0.25) is 0 Å². The highest BCUT2D eigenvalue weighted by Gasteiger charge is 2.20. The number of amides is 1. The number of nitrogens with one attached hydrogen (secondary N) is 1. The van der Waals surface area contributed by atoms with Gasteiger partial charge in [-0.05, 0) is 39.4 Å². The summed E-state index contributed by atoms with van der Waals surface area (Å²) in [5, 5.41) is 8.18. The second kappa shape index (κ2) is 8.93. The van der Waals surface area contributed by atoms with Gasteiger partial charge in [0.2, 0.25) is 5.88 Å². The van der Waals surface area contributed by atoms with Gasteiger partial charge in [-0.3, -0.25) is 4.79 Å². The van der Waals surface area contributed by atoms with Gasteiger partial charge in [0.05, 0.1) is 13.3 Å². The van der Waals surface area contributed by atoms with Crippen LogP contribution in [0.25, 0.3) is 32.7 Å². The summed E-state index contributed by atoms with van der Waals surface area (Å²) in [4.78, 5) is 17.8. The highest BCUT2D eigenvalue weighted by atomic mass is 16.5. The Morgan fingerprint density at radius 1 is 0.848 bits per heavy atom. The molecule has 5 rings (SSSR count). The number of hydrogen-bond acceptors (Lipinski definition) is 4. The Labute approximate surface area is 191 Å². The first-order valence-corrected chi connectivity index (χ1v) is 10.6. The van der Waals surface area contributed by atoms with Crippen molar-refractivity contribution in [3.63, 3.8) is 0 Å². The monoisotopic (exact) mass is 431 g/mol. The fourth-order valence-corrected chi connectivity index (χ4v) is 3.96. The third-order valence-electron chi connectivity index (χ3n) is 5.50. The lowest BCUT2D eigenvalue weighted by molar-refractivity contribution is 0.0950. The average molecular weight is 431 g/mol. The molecule has 0 bridgehead atoms. The molecule has 33 heavy (non-hydrogen) atoms. The first kappa shape index (κ1) is 20.4. The molecule has 160 valence electrons. The molecule has 0 aliphatic rings. The van der Waals surface area contributed by atoms with E-state index in [9.17, 15) is 4.79 Å². The van der Waals surface area contributed by atoms with Gasteiger partial charge in [0.15, 0.2) is 0 Å². The maximum absolute atomic E-state index is 13.2. The van der Waals surface area contributed by atoms with E-state index in [0.29, 0.717) is 5.88 Å². The van der Waals surface area contributed by atoms with Crippen LogP contribution in [0.15, 0.2) is 102 Å². The molecule has 0 radical (unpaired) electrons. The van der Waals surface area contributed by atoms with Gasteiger partial charge in [-0.2, -0.15) is 5.10 Å². The maximum Gasteiger partial charge on any atom is 0.290 e. The molecule has 0 saturated heterocycles. The highest BCUT2D eigenvalue weighted by Crippen LogP contribution is 2.35. The summed E-state index contributed by atoms with van der Waals surface area (Å²) in [5.74, 6) is -0.0103. The van der Waals surface area contributed by atoms with Crippen molar-refractivity contribution in [3.05, 3.63) is 108 Å². The van der Waals surface area contributed by atoms with Gasteiger partial charge in [0, 0.05) is 10.9 Å². The molecule has 0 aliphatic carbocycles. The standard InChI is InChI=1S/C28H21N3O2/c1-33-28-24-14-8-7-13-23(24)25(21-10-3-2-4-11-21)26(30-28)27(32)31-29-18-19-15-16-20-9-5-6-12-22(20)17-19/h2-18H,1H3,(H,31,32)/b29-18+. The smallest absolute Gasteiger partial charge is 0.290 e. The minimum atomic E-state index is -0.407. The number of rotatable bonds is 5. The van der Waals surface area contributed by atoms with E-state index in [1.807, 2.05) is 91.0 Å². The van der Waals surface area contributed by atoms with Crippen molar-refractivity contribution in [1.29, 1.82) is 0 Å². The minimum Gasteiger partial charge on any atom is -0.481 e. The number of aromatic nitrogens is 1. The molecule has 4 aromatic carbocycles. The summed E-state index contributed by atoms with van der Waals surface area (Å²) in [6.07, 6.45) is 1.63. The van der Waals surface area contributed by atoms with Gasteiger partial charge in [-0.1, -0.05) is 84.9 Å². The largest absolute Gasteiger partial charge is 0.481 e. The van der Waals surface area contributed by atoms with Crippen molar-refractivity contribution in [1.82, 2.24) is 10.4 Å².